The van der Waals surface area contributed by atoms with E-state index < -0.39 is 0 Å². The maximum Gasteiger partial charge on any atom is 0.290 e. The smallest absolute Gasteiger partial charge is 0.290 e. The number of benzene rings is 2. The molecule has 0 bridgehead atoms. The van der Waals surface area contributed by atoms with Crippen LogP contribution in [0.5, 0.6) is 0 Å². The molecule has 2 aromatic carbocycles. The van der Waals surface area contributed by atoms with Crippen LogP contribution in [0.3, 0.4) is 0 Å². The van der Waals surface area contributed by atoms with Crippen LogP contribution in [0.4, 0.5) is 10.5 Å². The molecular formula is C24H25N5O3S. The first-order valence-electron chi connectivity index (χ1n) is 10.9. The van der Waals surface area contributed by atoms with Gasteiger partial charge in [-0.3, -0.25) is 24.4 Å². The molecule has 0 atom stereocenters. The number of anilines is 1. The lowest BCUT2D eigenvalue weighted by molar-refractivity contribution is -0.115. The second-order valence-electron chi connectivity index (χ2n) is 8.06. The monoisotopic (exact) mass is 463 g/mol. The molecule has 5 rings (SSSR count). The van der Waals surface area contributed by atoms with Gasteiger partial charge >= 0.3 is 0 Å². The fourth-order valence-corrected chi connectivity index (χ4v) is 4.86. The van der Waals surface area contributed by atoms with Crippen LogP contribution in [-0.2, 0) is 9.53 Å². The number of hydrogen-bond donors (Lipinski definition) is 1. The van der Waals surface area contributed by atoms with Crippen LogP contribution in [0.25, 0.3) is 22.8 Å². The van der Waals surface area contributed by atoms with E-state index in [0.717, 1.165) is 73.4 Å². The summed E-state index contributed by atoms with van der Waals surface area (Å²) in [5, 5.41) is 1.95. The molecule has 0 aliphatic carbocycles. The number of ether oxygens (including phenoxy) is 1. The van der Waals surface area contributed by atoms with E-state index in [1.807, 2.05) is 24.5 Å². The van der Waals surface area contributed by atoms with Crippen molar-refractivity contribution < 1.29 is 14.3 Å². The van der Waals surface area contributed by atoms with Crippen LogP contribution >= 0.6 is 11.8 Å². The highest BCUT2D eigenvalue weighted by atomic mass is 32.2. The minimum Gasteiger partial charge on any atom is -0.383 e. The van der Waals surface area contributed by atoms with E-state index in [1.54, 1.807) is 13.2 Å². The standard InChI is InChI=1S/C24H25N5O3S/c1-32-12-11-27-7-9-28(10-8-27)18-3-2-4-19(15-18)29-16-25-20-6-5-17(13-21(20)29)14-22-23(30)26-24(31)33-22/h2-6,13-16H,7-12H2,1H3,(H,26,30,31). The summed E-state index contributed by atoms with van der Waals surface area (Å²) in [6.45, 7) is 5.74. The largest absolute Gasteiger partial charge is 0.383 e. The van der Waals surface area contributed by atoms with E-state index in [1.165, 1.54) is 5.69 Å². The number of aromatic nitrogens is 2. The maximum absolute atomic E-state index is 11.9. The zero-order valence-corrected chi connectivity index (χ0v) is 19.2. The van der Waals surface area contributed by atoms with Gasteiger partial charge in [0.1, 0.15) is 6.33 Å². The number of carbonyl (C=O) groups is 2. The number of rotatable bonds is 6. The predicted molar refractivity (Wildman–Crippen MR) is 131 cm³/mol. The van der Waals surface area contributed by atoms with Crippen LogP contribution in [-0.4, -0.2) is 72.0 Å². The minimum absolute atomic E-state index is 0.339. The molecule has 0 unspecified atom stereocenters. The number of thioether (sulfide) groups is 1. The van der Waals surface area contributed by atoms with Crippen molar-refractivity contribution >= 4 is 45.7 Å². The average molecular weight is 464 g/mol. The Labute approximate surface area is 196 Å². The summed E-state index contributed by atoms with van der Waals surface area (Å²) in [7, 11) is 1.74. The fraction of sp³-hybridized carbons (Fsp3) is 0.292. The van der Waals surface area contributed by atoms with Gasteiger partial charge in [0.15, 0.2) is 0 Å². The fourth-order valence-electron chi connectivity index (χ4n) is 4.18. The second-order valence-corrected chi connectivity index (χ2v) is 9.07. The molecule has 33 heavy (non-hydrogen) atoms. The summed E-state index contributed by atoms with van der Waals surface area (Å²) in [4.78, 5) is 33.1. The third-order valence-corrected chi connectivity index (χ3v) is 6.78. The van der Waals surface area contributed by atoms with E-state index in [0.29, 0.717) is 4.91 Å². The van der Waals surface area contributed by atoms with Crippen molar-refractivity contribution in [1.82, 2.24) is 19.8 Å². The topological polar surface area (TPSA) is 79.7 Å². The number of nitrogens with zero attached hydrogens (tertiary/aromatic N) is 4. The summed E-state index contributed by atoms with van der Waals surface area (Å²) >= 11 is 0.922. The Morgan fingerprint density at radius 1 is 1.09 bits per heavy atom. The zero-order chi connectivity index (χ0) is 22.8. The molecule has 0 saturated carbocycles. The third kappa shape index (κ3) is 4.66. The highest BCUT2D eigenvalue weighted by molar-refractivity contribution is 8.18. The summed E-state index contributed by atoms with van der Waals surface area (Å²) in [6, 6.07) is 14.3. The van der Waals surface area contributed by atoms with E-state index in [4.69, 9.17) is 4.74 Å². The Morgan fingerprint density at radius 2 is 1.91 bits per heavy atom. The van der Waals surface area contributed by atoms with Gasteiger partial charge in [0.25, 0.3) is 11.1 Å². The van der Waals surface area contributed by atoms with Gasteiger partial charge in [0, 0.05) is 51.2 Å². The number of amides is 2. The SMILES string of the molecule is COCCN1CCN(c2cccc(-n3cnc4ccc(C=C5SC(=O)NC5=O)cc43)c2)CC1. The Bertz CT molecular complexity index is 1230. The van der Waals surface area contributed by atoms with Gasteiger partial charge in [-0.25, -0.2) is 4.98 Å². The molecule has 9 heteroatoms. The Balaban J connectivity index is 1.39. The summed E-state index contributed by atoms with van der Waals surface area (Å²) in [6.07, 6.45) is 3.56. The molecule has 3 aromatic rings. The Morgan fingerprint density at radius 3 is 2.67 bits per heavy atom. The van der Waals surface area contributed by atoms with E-state index >= 15 is 0 Å². The number of nitrogens with one attached hydrogen (secondary N) is 1. The highest BCUT2D eigenvalue weighted by Crippen LogP contribution is 2.28. The molecule has 2 amide bonds. The van der Waals surface area contributed by atoms with Gasteiger partial charge in [0.05, 0.1) is 22.5 Å². The normalized spacial score (nSPS) is 18.5. The molecule has 2 fully saturated rings. The summed E-state index contributed by atoms with van der Waals surface area (Å²) in [5.41, 5.74) is 4.88. The molecule has 170 valence electrons. The van der Waals surface area contributed by atoms with Gasteiger partial charge in [-0.05, 0) is 53.7 Å². The maximum atomic E-state index is 11.9. The Hall–Kier alpha value is -3.14. The van der Waals surface area contributed by atoms with Crippen molar-refractivity contribution in [2.24, 2.45) is 0 Å². The lowest BCUT2D eigenvalue weighted by Crippen LogP contribution is -2.47. The molecule has 2 aliphatic rings. The molecule has 8 nitrogen and oxygen atoms in total. The van der Waals surface area contributed by atoms with Crippen molar-refractivity contribution in [2.45, 2.75) is 0 Å². The number of carbonyl (C=O) groups excluding carboxylic acids is 2. The quantitative estimate of drug-likeness (QED) is 0.563. The minimum atomic E-state index is -0.353. The van der Waals surface area contributed by atoms with Crippen molar-refractivity contribution in [1.29, 1.82) is 0 Å². The first kappa shape index (κ1) is 21.7. The first-order valence-corrected chi connectivity index (χ1v) is 11.7. The lowest BCUT2D eigenvalue weighted by Gasteiger charge is -2.36. The molecule has 1 N–H and O–H groups in total. The van der Waals surface area contributed by atoms with Crippen LogP contribution in [0.2, 0.25) is 0 Å². The van der Waals surface area contributed by atoms with Gasteiger partial charge < -0.3 is 9.64 Å². The predicted octanol–water partition coefficient (Wildman–Crippen LogP) is 3.12. The number of imidazole rings is 1. The number of piperazine rings is 1. The summed E-state index contributed by atoms with van der Waals surface area (Å²) in [5.74, 6) is -0.353. The van der Waals surface area contributed by atoms with E-state index in [9.17, 15) is 9.59 Å². The number of imide groups is 1. The molecule has 3 heterocycles. The van der Waals surface area contributed by atoms with Gasteiger partial charge in [-0.1, -0.05) is 12.1 Å². The number of methoxy groups -OCH3 is 1. The van der Waals surface area contributed by atoms with Gasteiger partial charge in [-0.15, -0.1) is 0 Å². The number of fused-ring (bicyclic) bond motifs is 1. The average Bonchev–Trinajstić information content (AvgIpc) is 3.40. The van der Waals surface area contributed by atoms with Crippen molar-refractivity contribution in [3.05, 3.63) is 59.3 Å². The first-order chi connectivity index (χ1) is 16.1. The van der Waals surface area contributed by atoms with Crippen LogP contribution < -0.4 is 10.2 Å². The van der Waals surface area contributed by atoms with Gasteiger partial charge in [-0.2, -0.15) is 0 Å². The molecule has 2 saturated heterocycles. The summed E-state index contributed by atoms with van der Waals surface area (Å²) < 4.78 is 7.26. The van der Waals surface area contributed by atoms with Crippen molar-refractivity contribution in [3.63, 3.8) is 0 Å². The zero-order valence-electron chi connectivity index (χ0n) is 18.4. The van der Waals surface area contributed by atoms with Gasteiger partial charge in [0.2, 0.25) is 0 Å². The van der Waals surface area contributed by atoms with E-state index in [-0.39, 0.29) is 11.1 Å². The second kappa shape index (κ2) is 9.38. The number of hydrogen-bond acceptors (Lipinski definition) is 7. The Kier molecular flexibility index (Phi) is 6.17. The van der Waals surface area contributed by atoms with Crippen LogP contribution in [0.15, 0.2) is 53.7 Å². The van der Waals surface area contributed by atoms with Crippen molar-refractivity contribution in [2.75, 3.05) is 51.3 Å². The van der Waals surface area contributed by atoms with Crippen LogP contribution in [0, 0.1) is 0 Å². The van der Waals surface area contributed by atoms with Crippen molar-refractivity contribution in [3.8, 4) is 5.69 Å². The van der Waals surface area contributed by atoms with Crippen LogP contribution in [0.1, 0.15) is 5.56 Å². The molecule has 0 spiro atoms. The van der Waals surface area contributed by atoms with E-state index in [2.05, 4.69) is 48.9 Å². The molecule has 1 aromatic heterocycles. The molecule has 2 aliphatic heterocycles. The lowest BCUT2D eigenvalue weighted by atomic mass is 10.1. The highest BCUT2D eigenvalue weighted by Gasteiger charge is 2.25. The third-order valence-electron chi connectivity index (χ3n) is 5.97. The molecular weight excluding hydrogens is 438 g/mol. The molecule has 0 radical (unpaired) electrons.